The Labute approximate surface area is 294 Å². The molecule has 0 N–H and O–H groups in total. The Morgan fingerprint density at radius 2 is 1.08 bits per heavy atom. The third-order valence-electron chi connectivity index (χ3n) is 9.70. The summed E-state index contributed by atoms with van der Waals surface area (Å²) in [6.07, 6.45) is 0. The Morgan fingerprint density at radius 3 is 2.02 bits per heavy atom. The summed E-state index contributed by atoms with van der Waals surface area (Å²) in [6.45, 7) is 0. The highest BCUT2D eigenvalue weighted by Crippen LogP contribution is 2.47. The van der Waals surface area contributed by atoms with Gasteiger partial charge in [-0.3, -0.25) is 0 Å². The zero-order valence-corrected chi connectivity index (χ0v) is 27.5. The summed E-state index contributed by atoms with van der Waals surface area (Å²) in [7, 11) is 0. The van der Waals surface area contributed by atoms with Crippen LogP contribution in [0.3, 0.4) is 0 Å². The van der Waals surface area contributed by atoms with Crippen molar-refractivity contribution in [2.75, 3.05) is 4.90 Å². The second-order valence-corrected chi connectivity index (χ2v) is 12.7. The molecule has 10 rings (SSSR count). The molecule has 240 valence electrons. The molecule has 8 aromatic carbocycles. The number of hydrogen-bond acceptors (Lipinski definition) is 4. The van der Waals surface area contributed by atoms with E-state index in [9.17, 15) is 0 Å². The van der Waals surface area contributed by atoms with Crippen molar-refractivity contribution in [1.82, 2.24) is 4.98 Å². The van der Waals surface area contributed by atoms with Crippen molar-refractivity contribution in [3.8, 4) is 33.7 Å². The highest BCUT2D eigenvalue weighted by molar-refractivity contribution is 6.15. The van der Waals surface area contributed by atoms with Crippen LogP contribution in [0.4, 0.5) is 17.1 Å². The number of nitrogens with zero attached hydrogens (tertiary/aromatic N) is 2. The number of hydrogen-bond donors (Lipinski definition) is 0. The molecule has 0 saturated heterocycles. The molecular formula is C47H30N2O2. The number of aromatic nitrogens is 1. The van der Waals surface area contributed by atoms with E-state index in [0.29, 0.717) is 5.89 Å². The summed E-state index contributed by atoms with van der Waals surface area (Å²) in [5, 5.41) is 4.41. The van der Waals surface area contributed by atoms with Gasteiger partial charge in [0, 0.05) is 27.6 Å². The van der Waals surface area contributed by atoms with Crippen LogP contribution >= 0.6 is 0 Å². The number of rotatable bonds is 6. The molecule has 0 fully saturated rings. The molecule has 0 unspecified atom stereocenters. The molecule has 0 spiro atoms. The molecular weight excluding hydrogens is 625 g/mol. The maximum atomic E-state index is 6.85. The molecule has 0 aliphatic heterocycles. The van der Waals surface area contributed by atoms with Crippen LogP contribution in [-0.4, -0.2) is 4.98 Å². The van der Waals surface area contributed by atoms with E-state index in [2.05, 4.69) is 150 Å². The zero-order valence-electron chi connectivity index (χ0n) is 27.5. The third-order valence-corrected chi connectivity index (χ3v) is 9.70. The summed E-state index contributed by atoms with van der Waals surface area (Å²) in [5.41, 5.74) is 11.6. The van der Waals surface area contributed by atoms with Gasteiger partial charge in [0.15, 0.2) is 11.2 Å². The minimum atomic E-state index is 0.573. The number of furan rings is 1. The van der Waals surface area contributed by atoms with Gasteiger partial charge in [-0.15, -0.1) is 0 Å². The normalized spacial score (nSPS) is 11.5. The quantitative estimate of drug-likeness (QED) is 0.179. The standard InChI is InChI=1S/C47H30N2O2/c1-2-14-32(15-3-1)37-21-6-8-26-41(37)49(34-19-10-18-33(30-34)36-22-11-17-31-16-4-5-20-35(31)36)42-27-12-23-38-45-39(24-13-29-44(45)50-46(38)42)47-48-40-25-7-9-28-43(40)51-47/h1-30H. The fourth-order valence-electron chi connectivity index (χ4n) is 7.40. The second-order valence-electron chi connectivity index (χ2n) is 12.7. The Balaban J connectivity index is 1.23. The van der Waals surface area contributed by atoms with Gasteiger partial charge in [-0.25, -0.2) is 4.98 Å². The summed E-state index contributed by atoms with van der Waals surface area (Å²) < 4.78 is 13.1. The van der Waals surface area contributed by atoms with Crippen molar-refractivity contribution in [2.24, 2.45) is 0 Å². The first kappa shape index (κ1) is 29.0. The van der Waals surface area contributed by atoms with Crippen LogP contribution in [0, 0.1) is 0 Å². The molecule has 2 heterocycles. The van der Waals surface area contributed by atoms with Gasteiger partial charge in [-0.2, -0.15) is 0 Å². The fraction of sp³-hybridized carbons (Fsp3) is 0. The molecule has 10 aromatic rings. The first-order chi connectivity index (χ1) is 25.3. The molecule has 0 radical (unpaired) electrons. The van der Waals surface area contributed by atoms with Crippen molar-refractivity contribution in [1.29, 1.82) is 0 Å². The maximum absolute atomic E-state index is 6.85. The lowest BCUT2D eigenvalue weighted by Gasteiger charge is -2.28. The smallest absolute Gasteiger partial charge is 0.228 e. The molecule has 0 aliphatic carbocycles. The number of para-hydroxylation sites is 4. The van der Waals surface area contributed by atoms with E-state index >= 15 is 0 Å². The molecule has 0 amide bonds. The van der Waals surface area contributed by atoms with Gasteiger partial charge in [0.1, 0.15) is 11.1 Å². The minimum Gasteiger partial charge on any atom is -0.454 e. The van der Waals surface area contributed by atoms with Gasteiger partial charge in [0.25, 0.3) is 0 Å². The van der Waals surface area contributed by atoms with Crippen molar-refractivity contribution in [3.63, 3.8) is 0 Å². The van der Waals surface area contributed by atoms with E-state index in [0.717, 1.165) is 72.4 Å². The maximum Gasteiger partial charge on any atom is 0.228 e. The van der Waals surface area contributed by atoms with E-state index in [4.69, 9.17) is 13.8 Å². The molecule has 0 atom stereocenters. The van der Waals surface area contributed by atoms with Crippen LogP contribution in [-0.2, 0) is 0 Å². The molecule has 51 heavy (non-hydrogen) atoms. The van der Waals surface area contributed by atoms with E-state index in [-0.39, 0.29) is 0 Å². The van der Waals surface area contributed by atoms with Crippen molar-refractivity contribution in [2.45, 2.75) is 0 Å². The lowest BCUT2D eigenvalue weighted by Crippen LogP contribution is -2.11. The number of benzene rings is 8. The predicted octanol–water partition coefficient (Wildman–Crippen LogP) is 13.4. The molecule has 0 saturated carbocycles. The van der Waals surface area contributed by atoms with Crippen LogP contribution in [0.2, 0.25) is 0 Å². The average molecular weight is 655 g/mol. The molecule has 4 nitrogen and oxygen atoms in total. The van der Waals surface area contributed by atoms with Gasteiger partial charge in [-0.05, 0) is 76.0 Å². The topological polar surface area (TPSA) is 42.4 Å². The Kier molecular flexibility index (Phi) is 6.78. The minimum absolute atomic E-state index is 0.573. The van der Waals surface area contributed by atoms with Crippen LogP contribution in [0.15, 0.2) is 191 Å². The van der Waals surface area contributed by atoms with Gasteiger partial charge < -0.3 is 13.7 Å². The van der Waals surface area contributed by atoms with E-state index in [1.165, 1.54) is 16.3 Å². The fourth-order valence-corrected chi connectivity index (χ4v) is 7.40. The van der Waals surface area contributed by atoms with Gasteiger partial charge >= 0.3 is 0 Å². The molecule has 2 aromatic heterocycles. The zero-order chi connectivity index (χ0) is 33.7. The lowest BCUT2D eigenvalue weighted by molar-refractivity contribution is 0.620. The average Bonchev–Trinajstić information content (AvgIpc) is 3.81. The summed E-state index contributed by atoms with van der Waals surface area (Å²) in [6, 6.07) is 63.4. The summed E-state index contributed by atoms with van der Waals surface area (Å²) in [4.78, 5) is 7.19. The van der Waals surface area contributed by atoms with Crippen LogP contribution in [0.1, 0.15) is 0 Å². The molecule has 0 aliphatic rings. The first-order valence-electron chi connectivity index (χ1n) is 17.1. The first-order valence-corrected chi connectivity index (χ1v) is 17.1. The Morgan fingerprint density at radius 1 is 0.431 bits per heavy atom. The van der Waals surface area contributed by atoms with E-state index < -0.39 is 0 Å². The van der Waals surface area contributed by atoms with Gasteiger partial charge in [0.2, 0.25) is 5.89 Å². The SMILES string of the molecule is c1ccc(-c2ccccc2N(c2cccc(-c3cccc4ccccc34)c2)c2cccc3c2oc2cccc(-c4nc5ccccc5o4)c23)cc1. The highest BCUT2D eigenvalue weighted by Gasteiger charge is 2.24. The second kappa shape index (κ2) is 11.9. The van der Waals surface area contributed by atoms with E-state index in [1.807, 2.05) is 36.4 Å². The lowest BCUT2D eigenvalue weighted by atomic mass is 9.97. The third kappa shape index (κ3) is 4.88. The van der Waals surface area contributed by atoms with Gasteiger partial charge in [-0.1, -0.05) is 133 Å². The molecule has 4 heteroatoms. The van der Waals surface area contributed by atoms with Crippen LogP contribution in [0.5, 0.6) is 0 Å². The number of fused-ring (bicyclic) bond motifs is 5. The molecule has 0 bridgehead atoms. The monoisotopic (exact) mass is 654 g/mol. The summed E-state index contributed by atoms with van der Waals surface area (Å²) in [5.74, 6) is 0.573. The van der Waals surface area contributed by atoms with E-state index in [1.54, 1.807) is 0 Å². The van der Waals surface area contributed by atoms with Crippen LogP contribution in [0.25, 0.3) is 77.5 Å². The van der Waals surface area contributed by atoms with Gasteiger partial charge in [0.05, 0.1) is 11.4 Å². The number of oxazole rings is 1. The predicted molar refractivity (Wildman–Crippen MR) is 210 cm³/mol. The van der Waals surface area contributed by atoms with Crippen molar-refractivity contribution < 1.29 is 8.83 Å². The highest BCUT2D eigenvalue weighted by atomic mass is 16.3. The number of anilines is 3. The largest absolute Gasteiger partial charge is 0.454 e. The Hall–Kier alpha value is -6.91. The van der Waals surface area contributed by atoms with Crippen LogP contribution < -0.4 is 4.90 Å². The Bertz CT molecular complexity index is 2850. The van der Waals surface area contributed by atoms with Crippen molar-refractivity contribution >= 4 is 60.9 Å². The summed E-state index contributed by atoms with van der Waals surface area (Å²) >= 11 is 0. The van der Waals surface area contributed by atoms with Crippen molar-refractivity contribution in [3.05, 3.63) is 182 Å².